The smallest absolute Gasteiger partial charge is 0.243 e. The van der Waals surface area contributed by atoms with E-state index in [1.54, 1.807) is 31.4 Å². The van der Waals surface area contributed by atoms with Crippen LogP contribution in [0.3, 0.4) is 0 Å². The lowest BCUT2D eigenvalue weighted by Crippen LogP contribution is -2.55. The molecule has 1 aromatic rings. The number of hydrogen-bond acceptors (Lipinski definition) is 5. The summed E-state index contributed by atoms with van der Waals surface area (Å²) in [5.41, 5.74) is 0. The Morgan fingerprint density at radius 2 is 1.58 bits per heavy atom. The molecule has 0 N–H and O–H groups in total. The Morgan fingerprint density at radius 3 is 2.12 bits per heavy atom. The fraction of sp³-hybridized carbons (Fsp3) is 0.611. The number of likely N-dealkylation sites (tertiary alicyclic amines) is 1. The van der Waals surface area contributed by atoms with Crippen LogP contribution in [0.25, 0.3) is 0 Å². The van der Waals surface area contributed by atoms with E-state index < -0.39 is 10.0 Å². The number of amides is 1. The predicted molar refractivity (Wildman–Crippen MR) is 98.6 cm³/mol. The molecule has 0 saturated carbocycles. The third-order valence-corrected chi connectivity index (χ3v) is 7.21. The van der Waals surface area contributed by atoms with Crippen molar-refractivity contribution in [1.82, 2.24) is 14.1 Å². The molecule has 7 nitrogen and oxygen atoms in total. The van der Waals surface area contributed by atoms with Crippen molar-refractivity contribution < 1.29 is 17.9 Å². The van der Waals surface area contributed by atoms with E-state index in [-0.39, 0.29) is 16.8 Å². The lowest BCUT2D eigenvalue weighted by atomic mass is 10.2. The van der Waals surface area contributed by atoms with Crippen molar-refractivity contribution >= 4 is 15.9 Å². The number of hydrogen-bond donors (Lipinski definition) is 0. The van der Waals surface area contributed by atoms with Crippen LogP contribution in [0.15, 0.2) is 29.2 Å². The molecule has 0 aromatic heterocycles. The van der Waals surface area contributed by atoms with Gasteiger partial charge in [-0.1, -0.05) is 0 Å². The Morgan fingerprint density at radius 1 is 1.00 bits per heavy atom. The minimum absolute atomic E-state index is 0.161. The van der Waals surface area contributed by atoms with E-state index in [9.17, 15) is 13.2 Å². The molecule has 2 saturated heterocycles. The highest BCUT2D eigenvalue weighted by Gasteiger charge is 2.33. The van der Waals surface area contributed by atoms with E-state index in [4.69, 9.17) is 4.74 Å². The Hall–Kier alpha value is -1.64. The second-order valence-electron chi connectivity index (χ2n) is 6.82. The molecule has 26 heavy (non-hydrogen) atoms. The van der Waals surface area contributed by atoms with E-state index in [2.05, 4.69) is 4.90 Å². The summed E-state index contributed by atoms with van der Waals surface area (Å²) >= 11 is 0. The molecule has 0 radical (unpaired) electrons. The van der Waals surface area contributed by atoms with Crippen LogP contribution in [0, 0.1) is 0 Å². The van der Waals surface area contributed by atoms with Gasteiger partial charge in [-0.05, 0) is 44.0 Å². The molecule has 144 valence electrons. The summed E-state index contributed by atoms with van der Waals surface area (Å²) in [6, 6.07) is 6.25. The molecule has 0 bridgehead atoms. The normalized spacial score (nSPS) is 20.9. The molecule has 2 aliphatic heterocycles. The molecular weight excluding hydrogens is 354 g/mol. The van der Waals surface area contributed by atoms with Gasteiger partial charge in [0.25, 0.3) is 0 Å². The SMILES string of the molecule is COc1ccc(S(=O)(=O)N2CCN([C@@H](C)C(=O)N3CCCC3)CC2)cc1. The fourth-order valence-electron chi connectivity index (χ4n) is 3.59. The molecular formula is C18H27N3O4S. The van der Waals surface area contributed by atoms with E-state index >= 15 is 0 Å². The molecule has 2 fully saturated rings. The minimum Gasteiger partial charge on any atom is -0.497 e. The van der Waals surface area contributed by atoms with Gasteiger partial charge in [-0.3, -0.25) is 9.69 Å². The van der Waals surface area contributed by atoms with E-state index in [0.29, 0.717) is 31.9 Å². The van der Waals surface area contributed by atoms with Crippen molar-refractivity contribution in [3.63, 3.8) is 0 Å². The molecule has 2 heterocycles. The molecule has 0 unspecified atom stereocenters. The highest BCUT2D eigenvalue weighted by Crippen LogP contribution is 2.21. The number of nitrogens with zero attached hydrogens (tertiary/aromatic N) is 3. The Kier molecular flexibility index (Phi) is 5.84. The summed E-state index contributed by atoms with van der Waals surface area (Å²) in [5, 5.41) is 0. The van der Waals surface area contributed by atoms with Crippen LogP contribution in [0.4, 0.5) is 0 Å². The van der Waals surface area contributed by atoms with Gasteiger partial charge in [0.2, 0.25) is 15.9 Å². The summed E-state index contributed by atoms with van der Waals surface area (Å²) in [5.74, 6) is 0.789. The van der Waals surface area contributed by atoms with Gasteiger partial charge in [0.15, 0.2) is 0 Å². The number of methoxy groups -OCH3 is 1. The molecule has 1 amide bonds. The number of carbonyl (C=O) groups excluding carboxylic acids is 1. The highest BCUT2D eigenvalue weighted by molar-refractivity contribution is 7.89. The first-order valence-electron chi connectivity index (χ1n) is 9.10. The largest absolute Gasteiger partial charge is 0.497 e. The van der Waals surface area contributed by atoms with Crippen LogP contribution >= 0.6 is 0 Å². The Bertz CT molecular complexity index is 721. The zero-order chi connectivity index (χ0) is 18.7. The zero-order valence-corrected chi connectivity index (χ0v) is 16.2. The maximum atomic E-state index is 12.8. The summed E-state index contributed by atoms with van der Waals surface area (Å²) in [6.45, 7) is 5.53. The number of sulfonamides is 1. The zero-order valence-electron chi connectivity index (χ0n) is 15.4. The monoisotopic (exact) mass is 381 g/mol. The number of piperazine rings is 1. The topological polar surface area (TPSA) is 70.2 Å². The van der Waals surface area contributed by atoms with Gasteiger partial charge in [0.05, 0.1) is 18.0 Å². The summed E-state index contributed by atoms with van der Waals surface area (Å²) in [4.78, 5) is 16.8. The van der Waals surface area contributed by atoms with Crippen molar-refractivity contribution in [2.75, 3.05) is 46.4 Å². The maximum Gasteiger partial charge on any atom is 0.243 e. The molecule has 3 rings (SSSR count). The molecule has 1 aromatic carbocycles. The Balaban J connectivity index is 1.60. The van der Waals surface area contributed by atoms with E-state index in [1.807, 2.05) is 11.8 Å². The van der Waals surface area contributed by atoms with Crippen LogP contribution in [0.5, 0.6) is 5.75 Å². The summed E-state index contributed by atoms with van der Waals surface area (Å²) < 4.78 is 32.2. The van der Waals surface area contributed by atoms with Gasteiger partial charge >= 0.3 is 0 Å². The highest BCUT2D eigenvalue weighted by atomic mass is 32.2. The second kappa shape index (κ2) is 7.94. The minimum atomic E-state index is -3.52. The van der Waals surface area contributed by atoms with Crippen LogP contribution in [-0.2, 0) is 14.8 Å². The second-order valence-corrected chi connectivity index (χ2v) is 8.76. The fourth-order valence-corrected chi connectivity index (χ4v) is 5.01. The third-order valence-electron chi connectivity index (χ3n) is 5.29. The van der Waals surface area contributed by atoms with Crippen molar-refractivity contribution in [2.24, 2.45) is 0 Å². The maximum absolute atomic E-state index is 12.8. The van der Waals surface area contributed by atoms with Crippen LogP contribution in [-0.4, -0.2) is 80.9 Å². The Labute approximate surface area is 155 Å². The van der Waals surface area contributed by atoms with Gasteiger partial charge in [-0.25, -0.2) is 8.42 Å². The van der Waals surface area contributed by atoms with E-state index in [0.717, 1.165) is 25.9 Å². The lowest BCUT2D eigenvalue weighted by molar-refractivity contribution is -0.135. The van der Waals surface area contributed by atoms with Crippen molar-refractivity contribution in [2.45, 2.75) is 30.7 Å². The average molecular weight is 381 g/mol. The van der Waals surface area contributed by atoms with Crippen LogP contribution in [0.2, 0.25) is 0 Å². The molecule has 0 spiro atoms. The first-order valence-corrected chi connectivity index (χ1v) is 10.5. The first-order chi connectivity index (χ1) is 12.4. The summed E-state index contributed by atoms with van der Waals surface area (Å²) in [6.07, 6.45) is 2.15. The van der Waals surface area contributed by atoms with Gasteiger partial charge in [0.1, 0.15) is 5.75 Å². The van der Waals surface area contributed by atoms with Gasteiger partial charge in [0, 0.05) is 39.3 Å². The van der Waals surface area contributed by atoms with Gasteiger partial charge in [-0.15, -0.1) is 0 Å². The van der Waals surface area contributed by atoms with E-state index in [1.165, 1.54) is 4.31 Å². The molecule has 2 aliphatic rings. The molecule has 8 heteroatoms. The quantitative estimate of drug-likeness (QED) is 0.761. The van der Waals surface area contributed by atoms with Crippen molar-refractivity contribution in [3.05, 3.63) is 24.3 Å². The van der Waals surface area contributed by atoms with Crippen LogP contribution < -0.4 is 4.74 Å². The average Bonchev–Trinajstić information content (AvgIpc) is 3.21. The van der Waals surface area contributed by atoms with Gasteiger partial charge < -0.3 is 9.64 Å². The molecule has 1 atom stereocenters. The number of ether oxygens (including phenoxy) is 1. The van der Waals surface area contributed by atoms with Crippen molar-refractivity contribution in [1.29, 1.82) is 0 Å². The number of carbonyl (C=O) groups is 1. The summed E-state index contributed by atoms with van der Waals surface area (Å²) in [7, 11) is -1.97. The first kappa shape index (κ1) is 19.1. The lowest BCUT2D eigenvalue weighted by Gasteiger charge is -2.37. The number of rotatable bonds is 5. The van der Waals surface area contributed by atoms with Crippen molar-refractivity contribution in [3.8, 4) is 5.75 Å². The number of benzene rings is 1. The molecule has 0 aliphatic carbocycles. The predicted octanol–water partition coefficient (Wildman–Crippen LogP) is 1.01. The third kappa shape index (κ3) is 3.87. The van der Waals surface area contributed by atoms with Crippen LogP contribution in [0.1, 0.15) is 19.8 Å². The van der Waals surface area contributed by atoms with Gasteiger partial charge in [-0.2, -0.15) is 4.31 Å². The standard InChI is InChI=1S/C18H27N3O4S/c1-15(18(22)20-9-3-4-10-20)19-11-13-21(14-12-19)26(23,24)17-7-5-16(25-2)6-8-17/h5-8,15H,3-4,9-14H2,1-2H3/t15-/m0/s1.